The summed E-state index contributed by atoms with van der Waals surface area (Å²) < 4.78 is 40.8. The number of alkyl halides is 3. The molecule has 3 aromatic rings. The Morgan fingerprint density at radius 1 is 1.06 bits per heavy atom. The first-order chi connectivity index (χ1) is 15.3. The molecule has 3 heterocycles. The van der Waals surface area contributed by atoms with Crippen molar-refractivity contribution in [2.75, 3.05) is 23.3 Å². The van der Waals surface area contributed by atoms with Crippen LogP contribution in [0.4, 0.5) is 24.7 Å². The average molecular weight is 442 g/mol. The quantitative estimate of drug-likeness (QED) is 0.588. The van der Waals surface area contributed by atoms with Gasteiger partial charge in [-0.3, -0.25) is 9.78 Å². The van der Waals surface area contributed by atoms with E-state index in [2.05, 4.69) is 24.9 Å². The summed E-state index contributed by atoms with van der Waals surface area (Å²) in [4.78, 5) is 23.9. The minimum atomic E-state index is -4.77. The van der Waals surface area contributed by atoms with Gasteiger partial charge in [0.05, 0.1) is 5.56 Å². The first-order valence-electron chi connectivity index (χ1n) is 10.1. The number of carbonyl (C=O) groups excluding carboxylic acids is 1. The van der Waals surface area contributed by atoms with Crippen LogP contribution in [-0.4, -0.2) is 35.3 Å². The van der Waals surface area contributed by atoms with Gasteiger partial charge in [-0.05, 0) is 61.7 Å². The van der Waals surface area contributed by atoms with Gasteiger partial charge in [0, 0.05) is 48.5 Å². The Balaban J connectivity index is 1.59. The highest BCUT2D eigenvalue weighted by atomic mass is 19.4. The van der Waals surface area contributed by atoms with Crippen LogP contribution in [0.5, 0.6) is 5.75 Å². The van der Waals surface area contributed by atoms with E-state index in [0.29, 0.717) is 11.3 Å². The van der Waals surface area contributed by atoms with Crippen LogP contribution in [0.15, 0.2) is 55.0 Å². The monoisotopic (exact) mass is 442 g/mol. The summed E-state index contributed by atoms with van der Waals surface area (Å²) in [6, 6.07) is 8.73. The van der Waals surface area contributed by atoms with Crippen molar-refractivity contribution in [1.29, 1.82) is 0 Å². The molecule has 32 heavy (non-hydrogen) atoms. The Kier molecular flexibility index (Phi) is 5.98. The summed E-state index contributed by atoms with van der Waals surface area (Å²) in [5, 5.41) is 2.68. The largest absolute Gasteiger partial charge is 0.573 e. The lowest BCUT2D eigenvalue weighted by atomic mass is 10.0. The number of anilines is 2. The van der Waals surface area contributed by atoms with E-state index in [-0.39, 0.29) is 5.75 Å². The average Bonchev–Trinajstić information content (AvgIpc) is 3.28. The number of nitrogens with one attached hydrogen (secondary N) is 1. The van der Waals surface area contributed by atoms with Gasteiger partial charge >= 0.3 is 6.36 Å². The zero-order valence-electron chi connectivity index (χ0n) is 17.3. The Hall–Kier alpha value is -3.62. The molecule has 1 fully saturated rings. The molecule has 0 bridgehead atoms. The molecule has 9 heteroatoms. The molecular formula is C23H21F3N4O2. The van der Waals surface area contributed by atoms with E-state index in [9.17, 15) is 18.0 Å². The SMILES string of the molecule is Cc1cncc(-c2cc(C(=O)Nc3ccc(OC(F)(F)F)cc3)cnc2N2CCCC2)c1. The number of nitrogens with zero attached hydrogens (tertiary/aromatic N) is 3. The van der Waals surface area contributed by atoms with Crippen molar-refractivity contribution >= 4 is 17.4 Å². The molecule has 1 aliphatic rings. The zero-order chi connectivity index (χ0) is 22.7. The summed E-state index contributed by atoms with van der Waals surface area (Å²) in [5.41, 5.74) is 3.34. The third kappa shape index (κ3) is 5.16. The van der Waals surface area contributed by atoms with Crippen molar-refractivity contribution in [1.82, 2.24) is 9.97 Å². The number of ether oxygens (including phenoxy) is 1. The number of aromatic nitrogens is 2. The molecule has 0 saturated carbocycles. The highest BCUT2D eigenvalue weighted by molar-refractivity contribution is 6.05. The summed E-state index contributed by atoms with van der Waals surface area (Å²) in [7, 11) is 0. The highest BCUT2D eigenvalue weighted by Gasteiger charge is 2.31. The predicted octanol–water partition coefficient (Wildman–Crippen LogP) is 5.20. The van der Waals surface area contributed by atoms with Gasteiger partial charge < -0.3 is 15.0 Å². The smallest absolute Gasteiger partial charge is 0.406 e. The van der Waals surface area contributed by atoms with Crippen molar-refractivity contribution in [3.63, 3.8) is 0 Å². The van der Waals surface area contributed by atoms with Gasteiger partial charge in [-0.25, -0.2) is 4.98 Å². The van der Waals surface area contributed by atoms with Gasteiger partial charge in [-0.2, -0.15) is 0 Å². The van der Waals surface area contributed by atoms with Gasteiger partial charge in [-0.15, -0.1) is 13.2 Å². The van der Waals surface area contributed by atoms with Gasteiger partial charge in [-0.1, -0.05) is 0 Å². The number of benzene rings is 1. The van der Waals surface area contributed by atoms with Crippen molar-refractivity contribution in [3.8, 4) is 16.9 Å². The van der Waals surface area contributed by atoms with Gasteiger partial charge in [0.25, 0.3) is 5.91 Å². The van der Waals surface area contributed by atoms with E-state index in [4.69, 9.17) is 0 Å². The molecule has 2 aromatic heterocycles. The zero-order valence-corrected chi connectivity index (χ0v) is 17.3. The Morgan fingerprint density at radius 3 is 2.44 bits per heavy atom. The second-order valence-electron chi connectivity index (χ2n) is 7.57. The number of pyridine rings is 2. The minimum Gasteiger partial charge on any atom is -0.406 e. The number of rotatable bonds is 5. The molecule has 4 rings (SSSR count). The number of carbonyl (C=O) groups is 1. The Morgan fingerprint density at radius 2 is 1.78 bits per heavy atom. The third-order valence-corrected chi connectivity index (χ3v) is 5.07. The molecule has 166 valence electrons. The maximum absolute atomic E-state index is 12.8. The van der Waals surface area contributed by atoms with E-state index < -0.39 is 12.3 Å². The van der Waals surface area contributed by atoms with Gasteiger partial charge in [0.1, 0.15) is 11.6 Å². The van der Waals surface area contributed by atoms with E-state index in [1.807, 2.05) is 13.0 Å². The van der Waals surface area contributed by atoms with Crippen LogP contribution >= 0.6 is 0 Å². The van der Waals surface area contributed by atoms with E-state index >= 15 is 0 Å². The second-order valence-corrected chi connectivity index (χ2v) is 7.57. The molecule has 1 aromatic carbocycles. The molecule has 1 amide bonds. The van der Waals surface area contributed by atoms with Crippen LogP contribution in [0.3, 0.4) is 0 Å². The number of hydrogen-bond donors (Lipinski definition) is 1. The van der Waals surface area contributed by atoms with Crippen LogP contribution in [-0.2, 0) is 0 Å². The lowest BCUT2D eigenvalue weighted by Crippen LogP contribution is -2.21. The Bertz CT molecular complexity index is 1110. The molecule has 1 aliphatic heterocycles. The number of amides is 1. The highest BCUT2D eigenvalue weighted by Crippen LogP contribution is 2.32. The lowest BCUT2D eigenvalue weighted by molar-refractivity contribution is -0.274. The molecule has 0 spiro atoms. The van der Waals surface area contributed by atoms with Crippen molar-refractivity contribution < 1.29 is 22.7 Å². The van der Waals surface area contributed by atoms with E-state index in [1.165, 1.54) is 18.3 Å². The minimum absolute atomic E-state index is 0.333. The maximum atomic E-state index is 12.8. The molecule has 0 atom stereocenters. The third-order valence-electron chi connectivity index (χ3n) is 5.07. The molecule has 0 unspecified atom stereocenters. The second kappa shape index (κ2) is 8.86. The Labute approximate surface area is 183 Å². The topological polar surface area (TPSA) is 67.3 Å². The van der Waals surface area contributed by atoms with Gasteiger partial charge in [0.2, 0.25) is 0 Å². The van der Waals surface area contributed by atoms with Crippen LogP contribution in [0.2, 0.25) is 0 Å². The van der Waals surface area contributed by atoms with Gasteiger partial charge in [0.15, 0.2) is 0 Å². The van der Waals surface area contributed by atoms with E-state index in [0.717, 1.165) is 60.6 Å². The van der Waals surface area contributed by atoms with Crippen LogP contribution in [0.25, 0.3) is 11.1 Å². The summed E-state index contributed by atoms with van der Waals surface area (Å²) in [6.45, 7) is 3.75. The number of halogens is 3. The fraction of sp³-hybridized carbons (Fsp3) is 0.261. The van der Waals surface area contributed by atoms with Crippen molar-refractivity contribution in [2.24, 2.45) is 0 Å². The first kappa shape index (κ1) is 21.6. The van der Waals surface area contributed by atoms with E-state index in [1.54, 1.807) is 18.5 Å². The fourth-order valence-electron chi connectivity index (χ4n) is 3.62. The molecule has 0 radical (unpaired) electrons. The fourth-order valence-corrected chi connectivity index (χ4v) is 3.62. The normalized spacial score (nSPS) is 13.8. The molecular weight excluding hydrogens is 421 g/mol. The summed E-state index contributed by atoms with van der Waals surface area (Å²) in [5.74, 6) is 0.0262. The molecule has 0 aliphatic carbocycles. The lowest BCUT2D eigenvalue weighted by Gasteiger charge is -2.21. The predicted molar refractivity (Wildman–Crippen MR) is 115 cm³/mol. The molecule has 6 nitrogen and oxygen atoms in total. The standard InChI is InChI=1S/C23H21F3N4O2/c1-15-10-16(13-27-12-15)20-11-17(14-28-21(20)30-8-2-3-9-30)22(31)29-18-4-6-19(7-5-18)32-23(24,25)26/h4-7,10-14H,2-3,8-9H2,1H3,(H,29,31). The van der Waals surface area contributed by atoms with Crippen LogP contribution in [0.1, 0.15) is 28.8 Å². The summed E-state index contributed by atoms with van der Waals surface area (Å²) >= 11 is 0. The summed E-state index contributed by atoms with van der Waals surface area (Å²) in [6.07, 6.45) is 2.41. The molecule has 1 N–H and O–H groups in total. The molecule has 1 saturated heterocycles. The van der Waals surface area contributed by atoms with Crippen LogP contribution < -0.4 is 15.0 Å². The number of hydrogen-bond acceptors (Lipinski definition) is 5. The van der Waals surface area contributed by atoms with Crippen molar-refractivity contribution in [2.45, 2.75) is 26.1 Å². The van der Waals surface area contributed by atoms with Crippen molar-refractivity contribution in [3.05, 3.63) is 66.1 Å². The van der Waals surface area contributed by atoms with Crippen LogP contribution in [0, 0.1) is 6.92 Å². The maximum Gasteiger partial charge on any atom is 0.573 e. The first-order valence-corrected chi connectivity index (χ1v) is 10.1. The number of aryl methyl sites for hydroxylation is 1.